The minimum atomic E-state index is -1.05. The molecule has 0 aliphatic carbocycles. The van der Waals surface area contributed by atoms with E-state index in [1.165, 1.54) is 6.07 Å². The molecule has 0 spiro atoms. The maximum Gasteiger partial charge on any atom is 0.335 e. The summed E-state index contributed by atoms with van der Waals surface area (Å²) in [6, 6.07) is 4.57. The first kappa shape index (κ1) is 14.6. The smallest absolute Gasteiger partial charge is 0.335 e. The van der Waals surface area contributed by atoms with Crippen molar-refractivity contribution >= 4 is 17.8 Å². The topological polar surface area (TPSA) is 86.7 Å². The zero-order chi connectivity index (χ0) is 15.9. The zero-order valence-electron chi connectivity index (χ0n) is 12.3. The van der Waals surface area contributed by atoms with Crippen molar-refractivity contribution in [2.45, 2.75) is 38.3 Å². The number of carbonyl (C=O) groups excluding carboxylic acids is 2. The van der Waals surface area contributed by atoms with Crippen LogP contribution in [0, 0.1) is 6.92 Å². The molecule has 2 bridgehead atoms. The van der Waals surface area contributed by atoms with Crippen LogP contribution in [-0.2, 0) is 4.79 Å². The van der Waals surface area contributed by atoms with Crippen LogP contribution in [0.25, 0.3) is 0 Å². The van der Waals surface area contributed by atoms with Crippen LogP contribution in [0.15, 0.2) is 18.2 Å². The van der Waals surface area contributed by atoms with Gasteiger partial charge in [-0.05, 0) is 43.5 Å². The lowest BCUT2D eigenvalue weighted by atomic mass is 10.0. The van der Waals surface area contributed by atoms with Gasteiger partial charge < -0.3 is 15.3 Å². The fourth-order valence-electron chi connectivity index (χ4n) is 3.39. The molecule has 3 rings (SSSR count). The van der Waals surface area contributed by atoms with Gasteiger partial charge in [0.15, 0.2) is 0 Å². The summed E-state index contributed by atoms with van der Waals surface area (Å²) in [5.74, 6) is -1.26. The van der Waals surface area contributed by atoms with E-state index in [0.717, 1.165) is 18.4 Å². The van der Waals surface area contributed by atoms with Gasteiger partial charge in [-0.1, -0.05) is 0 Å². The third-order valence-corrected chi connectivity index (χ3v) is 4.38. The normalized spacial score (nSPS) is 23.9. The first-order valence-corrected chi connectivity index (χ1v) is 7.40. The highest BCUT2D eigenvalue weighted by Crippen LogP contribution is 2.30. The van der Waals surface area contributed by atoms with E-state index in [1.54, 1.807) is 24.0 Å². The minimum Gasteiger partial charge on any atom is -0.478 e. The highest BCUT2D eigenvalue weighted by Gasteiger charge is 2.40. The van der Waals surface area contributed by atoms with Gasteiger partial charge >= 0.3 is 5.97 Å². The van der Waals surface area contributed by atoms with Crippen molar-refractivity contribution in [1.82, 2.24) is 10.2 Å². The molecule has 0 aromatic heterocycles. The second-order valence-corrected chi connectivity index (χ2v) is 6.00. The number of aryl methyl sites for hydroxylation is 1. The molecule has 2 unspecified atom stereocenters. The van der Waals surface area contributed by atoms with Gasteiger partial charge in [0.05, 0.1) is 5.56 Å². The monoisotopic (exact) mass is 302 g/mol. The van der Waals surface area contributed by atoms with Crippen molar-refractivity contribution in [2.75, 3.05) is 6.54 Å². The number of hydrogen-bond donors (Lipinski definition) is 2. The minimum absolute atomic E-state index is 0.00209. The van der Waals surface area contributed by atoms with Crippen LogP contribution in [0.3, 0.4) is 0 Å². The fourth-order valence-corrected chi connectivity index (χ4v) is 3.39. The summed E-state index contributed by atoms with van der Waals surface area (Å²) in [6.07, 6.45) is 2.01. The molecule has 116 valence electrons. The Kier molecular flexibility index (Phi) is 3.60. The molecule has 1 aromatic carbocycles. The van der Waals surface area contributed by atoms with Crippen LogP contribution in [0.4, 0.5) is 0 Å². The predicted octanol–water partition coefficient (Wildman–Crippen LogP) is 1.19. The molecule has 2 aliphatic rings. The van der Waals surface area contributed by atoms with Crippen molar-refractivity contribution in [3.8, 4) is 0 Å². The number of carbonyl (C=O) groups is 3. The van der Waals surface area contributed by atoms with E-state index >= 15 is 0 Å². The number of carboxylic acids is 1. The van der Waals surface area contributed by atoms with Gasteiger partial charge in [-0.15, -0.1) is 0 Å². The van der Waals surface area contributed by atoms with Crippen LogP contribution < -0.4 is 5.32 Å². The van der Waals surface area contributed by atoms with Crippen LogP contribution in [0.5, 0.6) is 0 Å². The molecule has 2 heterocycles. The number of nitrogens with zero attached hydrogens (tertiary/aromatic N) is 1. The maximum atomic E-state index is 12.8. The highest BCUT2D eigenvalue weighted by molar-refractivity contribution is 5.98. The lowest BCUT2D eigenvalue weighted by Crippen LogP contribution is -2.42. The number of fused-ring (bicyclic) bond motifs is 2. The Bertz CT molecular complexity index is 656. The zero-order valence-corrected chi connectivity index (χ0v) is 12.3. The molecular formula is C16H18N2O4. The summed E-state index contributed by atoms with van der Waals surface area (Å²) in [7, 11) is 0. The molecule has 2 N–H and O–H groups in total. The molecule has 0 radical (unpaired) electrons. The molecule has 22 heavy (non-hydrogen) atoms. The summed E-state index contributed by atoms with van der Waals surface area (Å²) >= 11 is 0. The first-order valence-electron chi connectivity index (χ1n) is 7.40. The Morgan fingerprint density at radius 3 is 2.59 bits per heavy atom. The summed E-state index contributed by atoms with van der Waals surface area (Å²) in [5, 5.41) is 12.0. The third kappa shape index (κ3) is 2.56. The number of hydrogen-bond acceptors (Lipinski definition) is 3. The highest BCUT2D eigenvalue weighted by atomic mass is 16.4. The molecular weight excluding hydrogens is 284 g/mol. The van der Waals surface area contributed by atoms with Crippen LogP contribution >= 0.6 is 0 Å². The van der Waals surface area contributed by atoms with E-state index in [1.807, 2.05) is 0 Å². The van der Waals surface area contributed by atoms with Gasteiger partial charge in [-0.25, -0.2) is 4.79 Å². The molecule has 2 amide bonds. The average molecular weight is 302 g/mol. The summed E-state index contributed by atoms with van der Waals surface area (Å²) in [5.41, 5.74) is 1.22. The fraction of sp³-hybridized carbons (Fsp3) is 0.438. The van der Waals surface area contributed by atoms with Crippen LogP contribution in [0.2, 0.25) is 0 Å². The van der Waals surface area contributed by atoms with Crippen LogP contribution in [0.1, 0.15) is 45.5 Å². The number of nitrogens with one attached hydrogen (secondary N) is 1. The van der Waals surface area contributed by atoms with E-state index in [0.29, 0.717) is 18.5 Å². The van der Waals surface area contributed by atoms with Gasteiger partial charge in [-0.2, -0.15) is 0 Å². The molecule has 2 saturated heterocycles. The van der Waals surface area contributed by atoms with Gasteiger partial charge in [0.1, 0.15) is 0 Å². The SMILES string of the molecule is Cc1cc(C(=O)O)cc(C(=O)N2C3CCC2CC(=O)NC3)c1. The Hall–Kier alpha value is -2.37. The number of carboxylic acid groups (broad SMARTS) is 1. The molecule has 6 nitrogen and oxygen atoms in total. The number of rotatable bonds is 2. The molecule has 6 heteroatoms. The van der Waals surface area contributed by atoms with E-state index in [4.69, 9.17) is 5.11 Å². The van der Waals surface area contributed by atoms with Crippen molar-refractivity contribution in [3.63, 3.8) is 0 Å². The predicted molar refractivity (Wildman–Crippen MR) is 78.7 cm³/mol. The average Bonchev–Trinajstić information content (AvgIpc) is 2.77. The Morgan fingerprint density at radius 2 is 1.86 bits per heavy atom. The van der Waals surface area contributed by atoms with E-state index in [9.17, 15) is 14.4 Å². The Labute approximate surface area is 128 Å². The lowest BCUT2D eigenvalue weighted by molar-refractivity contribution is -0.121. The summed E-state index contributed by atoms with van der Waals surface area (Å²) in [4.78, 5) is 37.4. The van der Waals surface area contributed by atoms with Gasteiger partial charge in [0, 0.05) is 30.6 Å². The number of aromatic carboxylic acids is 1. The molecule has 2 aliphatic heterocycles. The molecule has 0 saturated carbocycles. The van der Waals surface area contributed by atoms with Gasteiger partial charge in [0.25, 0.3) is 5.91 Å². The molecule has 2 fully saturated rings. The lowest BCUT2D eigenvalue weighted by Gasteiger charge is -2.27. The van der Waals surface area contributed by atoms with Crippen molar-refractivity contribution in [2.24, 2.45) is 0 Å². The van der Waals surface area contributed by atoms with Crippen molar-refractivity contribution < 1.29 is 19.5 Å². The largest absolute Gasteiger partial charge is 0.478 e. The maximum absolute atomic E-state index is 12.8. The standard InChI is InChI=1S/C16H18N2O4/c1-9-4-10(6-11(5-9)16(21)22)15(20)18-12-2-3-13(18)8-17-14(19)7-12/h4-6,12-13H,2-3,7-8H2,1H3,(H,17,19)(H,21,22). The first-order chi connectivity index (χ1) is 10.5. The second kappa shape index (κ2) is 5.44. The second-order valence-electron chi connectivity index (χ2n) is 6.00. The van der Waals surface area contributed by atoms with E-state index in [2.05, 4.69) is 5.32 Å². The molecule has 1 aromatic rings. The van der Waals surface area contributed by atoms with Crippen molar-refractivity contribution in [1.29, 1.82) is 0 Å². The quantitative estimate of drug-likeness (QED) is 0.859. The Morgan fingerprint density at radius 1 is 1.18 bits per heavy atom. The van der Waals surface area contributed by atoms with Crippen molar-refractivity contribution in [3.05, 3.63) is 34.9 Å². The molecule has 2 atom stereocenters. The Balaban J connectivity index is 1.94. The number of amides is 2. The van der Waals surface area contributed by atoms with Crippen LogP contribution in [-0.4, -0.2) is 46.4 Å². The van der Waals surface area contributed by atoms with Gasteiger partial charge in [-0.3, -0.25) is 9.59 Å². The summed E-state index contributed by atoms with van der Waals surface area (Å²) in [6.45, 7) is 2.24. The van der Waals surface area contributed by atoms with Gasteiger partial charge in [0.2, 0.25) is 5.91 Å². The third-order valence-electron chi connectivity index (χ3n) is 4.38. The van der Waals surface area contributed by atoms with E-state index in [-0.39, 0.29) is 29.5 Å². The van der Waals surface area contributed by atoms with E-state index < -0.39 is 5.97 Å². The number of benzene rings is 1. The summed E-state index contributed by atoms with van der Waals surface area (Å²) < 4.78 is 0.